The van der Waals surface area contributed by atoms with Crippen LogP contribution < -0.4 is 20.4 Å². The Morgan fingerprint density at radius 3 is 1.18 bits per heavy atom. The number of methoxy groups -OCH3 is 2. The minimum Gasteiger partial charge on any atom is -0.444 e. The van der Waals surface area contributed by atoms with Crippen LogP contribution in [0.25, 0.3) is 45.4 Å². The van der Waals surface area contributed by atoms with E-state index in [0.29, 0.717) is 46.8 Å². The maximum Gasteiger partial charge on any atom is 0.417 e. The molecule has 4 atom stereocenters. The first kappa shape index (κ1) is 84.6. The number of carbonyl (C=O) groups is 4. The van der Waals surface area contributed by atoms with Crippen molar-refractivity contribution in [2.24, 2.45) is 0 Å². The van der Waals surface area contributed by atoms with Gasteiger partial charge in [0.15, 0.2) is 0 Å². The molecule has 38 heteroatoms. The average molecular weight is 1620 g/mol. The number of alkyl halides is 14. The topological polar surface area (TPSA) is 246 Å². The van der Waals surface area contributed by atoms with Crippen molar-refractivity contribution in [3.05, 3.63) is 166 Å². The molecule has 2 saturated heterocycles. The van der Waals surface area contributed by atoms with E-state index in [4.69, 9.17) is 27.8 Å². The van der Waals surface area contributed by atoms with Gasteiger partial charge < -0.3 is 48.2 Å². The molecule has 0 radical (unpaired) electrons. The predicted molar refractivity (Wildman–Crippen MR) is 376 cm³/mol. The van der Waals surface area contributed by atoms with Gasteiger partial charge in [-0.3, -0.25) is 29.4 Å². The summed E-state index contributed by atoms with van der Waals surface area (Å²) in [6, 6.07) is 15.2. The molecule has 8 heterocycles. The fourth-order valence-corrected chi connectivity index (χ4v) is 13.4. The maximum absolute atomic E-state index is 16.1. The lowest BCUT2D eigenvalue weighted by atomic mass is 9.95. The fourth-order valence-electron chi connectivity index (χ4n) is 13.4. The van der Waals surface area contributed by atoms with E-state index in [0.717, 1.165) is 34.1 Å². The van der Waals surface area contributed by atoms with Crippen molar-refractivity contribution < 1.29 is 117 Å². The third-order valence-corrected chi connectivity index (χ3v) is 18.6. The summed E-state index contributed by atoms with van der Waals surface area (Å²) in [5, 5.41) is 19.9. The number of halogens is 16. The molecule has 4 aromatic heterocycles. The minimum absolute atomic E-state index is 0.0987. The number of anilines is 2. The van der Waals surface area contributed by atoms with Gasteiger partial charge in [0.05, 0.1) is 96.2 Å². The molecule has 4 aromatic carbocycles. The van der Waals surface area contributed by atoms with Crippen molar-refractivity contribution in [1.82, 2.24) is 50.8 Å². The number of likely N-dealkylation sites (tertiary alicyclic amines) is 2. The normalized spacial score (nSPS) is 19.9. The molecule has 0 aliphatic carbocycles. The smallest absolute Gasteiger partial charge is 0.417 e. The highest BCUT2D eigenvalue weighted by molar-refractivity contribution is 6.02. The van der Waals surface area contributed by atoms with E-state index in [1.807, 2.05) is 0 Å². The Hall–Kier alpha value is -10.3. The quantitative estimate of drug-likeness (QED) is 0.0758. The number of benzene rings is 4. The molecule has 0 saturated carbocycles. The zero-order valence-corrected chi connectivity index (χ0v) is 62.2. The monoisotopic (exact) mass is 1620 g/mol. The van der Waals surface area contributed by atoms with Gasteiger partial charge >= 0.3 is 24.5 Å². The van der Waals surface area contributed by atoms with Gasteiger partial charge in [0.1, 0.15) is 34.9 Å². The number of alkyl carbamates (subject to hydrolysis) is 2. The van der Waals surface area contributed by atoms with Gasteiger partial charge in [-0.1, -0.05) is 48.5 Å². The summed E-state index contributed by atoms with van der Waals surface area (Å²) in [6.07, 6.45) is -14.0. The number of nitrogens with zero attached hydrogens (tertiary/aromatic N) is 10. The first-order chi connectivity index (χ1) is 53.2. The number of nitrogens with one attached hydrogen (secondary N) is 2. The lowest BCUT2D eigenvalue weighted by Gasteiger charge is -2.36. The van der Waals surface area contributed by atoms with Crippen LogP contribution in [0, 0.1) is 11.6 Å². The molecule has 3 unspecified atom stereocenters. The van der Waals surface area contributed by atoms with E-state index < -0.39 is 215 Å². The second kappa shape index (κ2) is 32.9. The van der Waals surface area contributed by atoms with Crippen molar-refractivity contribution in [2.75, 3.05) is 76.5 Å². The molecule has 612 valence electrons. The molecule has 2 N–H and O–H groups in total. The summed E-state index contributed by atoms with van der Waals surface area (Å²) in [7, 11) is 2.86. The average Bonchev–Trinajstić information content (AvgIpc) is 1.59. The summed E-state index contributed by atoms with van der Waals surface area (Å²) in [5.74, 6) is -22.0. The Kier molecular flexibility index (Phi) is 24.4. The number of fused-ring (bicyclic) bond motifs is 2. The van der Waals surface area contributed by atoms with Crippen LogP contribution in [-0.2, 0) is 65.8 Å². The van der Waals surface area contributed by atoms with Crippen molar-refractivity contribution >= 4 is 35.4 Å². The van der Waals surface area contributed by atoms with Crippen LogP contribution in [0.2, 0.25) is 0 Å². The van der Waals surface area contributed by atoms with Crippen LogP contribution >= 0.6 is 0 Å². The molecule has 22 nitrogen and oxygen atoms in total. The van der Waals surface area contributed by atoms with Crippen molar-refractivity contribution in [2.45, 2.75) is 151 Å². The van der Waals surface area contributed by atoms with Gasteiger partial charge in [0.25, 0.3) is 35.5 Å². The zero-order valence-electron chi connectivity index (χ0n) is 62.2. The molecule has 0 bridgehead atoms. The van der Waals surface area contributed by atoms with E-state index in [1.165, 1.54) is 126 Å². The van der Waals surface area contributed by atoms with Gasteiger partial charge in [0, 0.05) is 101 Å². The SMILES string of the molecule is COCCN1CC(c2nnc(-c3cc4c(cc3F)C(F)(F)CC(NC(=O)OC(C)(C)C)C(=O)N4Cc3ccc(-c4ccc(C(F)(F)F)cn4)cc3)o2)CC(F)(F)C1.COCCN1CC(c2nnc(-c3cc4c(cc3F)C(F)(F)C[C@@H](NC(=O)OC(C)(C)C)C(=O)N4Cc3ccc(-c4ccc(C(F)(F)F)cn4)cc3)o2)CC(F)(F)C1. The number of ether oxygens (including phenoxy) is 4. The molecule has 0 spiro atoms. The Morgan fingerprint density at radius 1 is 0.509 bits per heavy atom. The third kappa shape index (κ3) is 20.6. The van der Waals surface area contributed by atoms with E-state index >= 15 is 26.3 Å². The van der Waals surface area contributed by atoms with E-state index in [-0.39, 0.29) is 62.6 Å². The largest absolute Gasteiger partial charge is 0.444 e. The lowest BCUT2D eigenvalue weighted by molar-refractivity contribution is -0.138. The number of hydrogen-bond donors (Lipinski definition) is 2. The van der Waals surface area contributed by atoms with Crippen LogP contribution in [0.1, 0.15) is 124 Å². The Labute approximate surface area is 640 Å². The molecule has 4 aliphatic heterocycles. The standard InChI is InChI=1S/2C38H38F8N6O5/c2*1-35(2,3)57-34(54)48-29-16-37(42,43)26-14-27(39)25(32-50-49-31(56-32)23-15-36(40,41)20-51(19-23)11-12-55-4)13-30(26)52(33(29)53)18-21-5-7-22(8-6-21)28-10-9-24(17-47-28)38(44,45)46/h2*5-10,13-14,17,23,29H,11-12,15-16,18-20H2,1-4H3,(H,48,54)/t23?,29-;/m1./s1. The molecule has 4 aliphatic rings. The number of rotatable bonds is 18. The molecule has 4 amide bonds. The van der Waals surface area contributed by atoms with Crippen LogP contribution in [0.3, 0.4) is 0 Å². The van der Waals surface area contributed by atoms with Crippen LogP contribution in [0.15, 0.2) is 118 Å². The Balaban J connectivity index is 0.000000225. The maximum atomic E-state index is 16.1. The minimum atomic E-state index is -4.59. The zero-order chi connectivity index (χ0) is 83.0. The number of aromatic nitrogens is 6. The number of amides is 4. The van der Waals surface area contributed by atoms with Crippen LogP contribution in [0.4, 0.5) is 91.2 Å². The highest BCUT2D eigenvalue weighted by Crippen LogP contribution is 2.49. The molecule has 8 aromatic rings. The summed E-state index contributed by atoms with van der Waals surface area (Å²) in [4.78, 5) is 66.4. The van der Waals surface area contributed by atoms with Crippen LogP contribution in [-0.4, -0.2) is 166 Å². The number of pyridine rings is 2. The third-order valence-electron chi connectivity index (χ3n) is 18.6. The van der Waals surface area contributed by atoms with Gasteiger partial charge in [0.2, 0.25) is 23.6 Å². The first-order valence-corrected chi connectivity index (χ1v) is 35.4. The van der Waals surface area contributed by atoms with Gasteiger partial charge in [-0.25, -0.2) is 53.5 Å². The summed E-state index contributed by atoms with van der Waals surface area (Å²) >= 11 is 0. The number of carbonyl (C=O) groups excluding carboxylic acids is 4. The lowest BCUT2D eigenvalue weighted by Crippen LogP contribution is -2.49. The van der Waals surface area contributed by atoms with Crippen molar-refractivity contribution in [3.63, 3.8) is 0 Å². The summed E-state index contributed by atoms with van der Waals surface area (Å²) < 4.78 is 265. The van der Waals surface area contributed by atoms with E-state index in [2.05, 4.69) is 41.0 Å². The molecular formula is C76H76F16N12O10. The van der Waals surface area contributed by atoms with Gasteiger partial charge in [-0.05, 0) is 101 Å². The Bertz CT molecular complexity index is 4470. The van der Waals surface area contributed by atoms with E-state index in [9.17, 15) is 63.1 Å². The molecule has 114 heavy (non-hydrogen) atoms. The summed E-state index contributed by atoms with van der Waals surface area (Å²) in [6.45, 7) is 8.29. The predicted octanol–water partition coefficient (Wildman–Crippen LogP) is 15.9. The molecule has 12 rings (SSSR count). The number of hydrogen-bond acceptors (Lipinski definition) is 18. The van der Waals surface area contributed by atoms with Gasteiger partial charge in [-0.2, -0.15) is 26.3 Å². The molecular weight excluding hydrogens is 1540 g/mol. The second-order valence-electron chi connectivity index (χ2n) is 29.9. The Morgan fingerprint density at radius 2 is 0.868 bits per heavy atom. The van der Waals surface area contributed by atoms with Crippen LogP contribution in [0.5, 0.6) is 0 Å². The van der Waals surface area contributed by atoms with Gasteiger partial charge in [-0.15, -0.1) is 20.4 Å². The highest BCUT2D eigenvalue weighted by Gasteiger charge is 2.51. The first-order valence-electron chi connectivity index (χ1n) is 35.4. The fraction of sp³-hybridized carbons (Fsp3) is 0.447. The highest BCUT2D eigenvalue weighted by atomic mass is 19.4. The van der Waals surface area contributed by atoms with Crippen molar-refractivity contribution in [1.29, 1.82) is 0 Å². The van der Waals surface area contributed by atoms with E-state index in [1.54, 1.807) is 0 Å². The number of piperidine rings is 2. The second-order valence-corrected chi connectivity index (χ2v) is 29.9. The molecule has 2 fully saturated rings. The summed E-state index contributed by atoms with van der Waals surface area (Å²) in [5.41, 5.74) is -5.86. The van der Waals surface area contributed by atoms with Crippen molar-refractivity contribution in [3.8, 4) is 45.4 Å².